The van der Waals surface area contributed by atoms with E-state index in [-0.39, 0.29) is 0 Å². The van der Waals surface area contributed by atoms with Crippen LogP contribution < -0.4 is 4.74 Å². The van der Waals surface area contributed by atoms with Crippen LogP contribution in [0.1, 0.15) is 15.9 Å². The average Bonchev–Trinajstić information content (AvgIpc) is 2.87. The van der Waals surface area contributed by atoms with Gasteiger partial charge in [-0.2, -0.15) is 0 Å². The predicted octanol–water partition coefficient (Wildman–Crippen LogP) is 4.21. The molecule has 0 saturated carbocycles. The van der Waals surface area contributed by atoms with Crippen molar-refractivity contribution in [3.8, 4) is 5.75 Å². The highest BCUT2D eigenvalue weighted by Gasteiger charge is 2.09. The van der Waals surface area contributed by atoms with E-state index in [1.54, 1.807) is 18.3 Å². The van der Waals surface area contributed by atoms with Crippen molar-refractivity contribution < 1.29 is 9.53 Å². The molecule has 0 atom stereocenters. The zero-order valence-electron chi connectivity index (χ0n) is 10.6. The van der Waals surface area contributed by atoms with Crippen LogP contribution in [-0.2, 0) is 6.61 Å². The maximum atomic E-state index is 11.0. The molecule has 0 aliphatic heterocycles. The molecule has 1 heterocycles. The number of aromatic nitrogens is 1. The fourth-order valence-corrected chi connectivity index (χ4v) is 2.31. The zero-order valence-corrected chi connectivity index (χ0v) is 11.4. The molecule has 0 unspecified atom stereocenters. The lowest BCUT2D eigenvalue weighted by molar-refractivity contribution is 0.112. The molecule has 0 saturated heterocycles. The Bertz CT molecular complexity index is 750. The van der Waals surface area contributed by atoms with Gasteiger partial charge in [-0.05, 0) is 17.7 Å². The summed E-state index contributed by atoms with van der Waals surface area (Å²) < 4.78 is 5.74. The number of nitrogens with one attached hydrogen (secondary N) is 1. The third kappa shape index (κ3) is 2.40. The van der Waals surface area contributed by atoms with Gasteiger partial charge < -0.3 is 9.72 Å². The van der Waals surface area contributed by atoms with Gasteiger partial charge in [0.2, 0.25) is 0 Å². The number of halogens is 1. The standard InChI is InChI=1S/C16H12ClNO2/c17-14-7-15-13(12(9-19)8-18-15)6-16(14)20-10-11-4-2-1-3-5-11/h1-9,18H,10H2. The first-order valence-electron chi connectivity index (χ1n) is 6.20. The minimum Gasteiger partial charge on any atom is -0.487 e. The van der Waals surface area contributed by atoms with Crippen LogP contribution in [-0.4, -0.2) is 11.3 Å². The number of benzene rings is 2. The monoisotopic (exact) mass is 285 g/mol. The number of hydrogen-bond donors (Lipinski definition) is 1. The summed E-state index contributed by atoms with van der Waals surface area (Å²) >= 11 is 6.19. The molecule has 1 N–H and O–H groups in total. The summed E-state index contributed by atoms with van der Waals surface area (Å²) in [7, 11) is 0. The SMILES string of the molecule is O=Cc1c[nH]c2cc(Cl)c(OCc3ccccc3)cc12. The highest BCUT2D eigenvalue weighted by molar-refractivity contribution is 6.33. The Morgan fingerprint density at radius 2 is 2.00 bits per heavy atom. The van der Waals surface area contributed by atoms with E-state index < -0.39 is 0 Å². The summed E-state index contributed by atoms with van der Waals surface area (Å²) in [6.07, 6.45) is 2.47. The van der Waals surface area contributed by atoms with Gasteiger partial charge in [-0.15, -0.1) is 0 Å². The molecule has 0 fully saturated rings. The average molecular weight is 286 g/mol. The molecule has 0 radical (unpaired) electrons. The van der Waals surface area contributed by atoms with E-state index in [0.29, 0.717) is 22.9 Å². The maximum absolute atomic E-state index is 11.0. The van der Waals surface area contributed by atoms with Gasteiger partial charge in [0.15, 0.2) is 6.29 Å². The van der Waals surface area contributed by atoms with Crippen LogP contribution >= 0.6 is 11.6 Å². The Balaban J connectivity index is 1.90. The van der Waals surface area contributed by atoms with E-state index in [9.17, 15) is 4.79 Å². The van der Waals surface area contributed by atoms with E-state index in [0.717, 1.165) is 22.8 Å². The number of H-pyrrole nitrogens is 1. The van der Waals surface area contributed by atoms with Crippen molar-refractivity contribution in [3.63, 3.8) is 0 Å². The van der Waals surface area contributed by atoms with Crippen molar-refractivity contribution >= 4 is 28.8 Å². The molecule has 3 aromatic rings. The molecule has 0 spiro atoms. The number of rotatable bonds is 4. The third-order valence-corrected chi connectivity index (χ3v) is 3.43. The Morgan fingerprint density at radius 3 is 2.75 bits per heavy atom. The van der Waals surface area contributed by atoms with Crippen molar-refractivity contribution in [2.75, 3.05) is 0 Å². The second-order valence-electron chi connectivity index (χ2n) is 4.46. The first-order valence-corrected chi connectivity index (χ1v) is 6.58. The topological polar surface area (TPSA) is 42.1 Å². The van der Waals surface area contributed by atoms with Crippen LogP contribution in [0.4, 0.5) is 0 Å². The van der Waals surface area contributed by atoms with Crippen molar-refractivity contribution in [1.82, 2.24) is 4.98 Å². The van der Waals surface area contributed by atoms with Crippen LogP contribution in [0.3, 0.4) is 0 Å². The summed E-state index contributed by atoms with van der Waals surface area (Å²) in [4.78, 5) is 14.0. The van der Waals surface area contributed by atoms with Gasteiger partial charge in [0.25, 0.3) is 0 Å². The highest BCUT2D eigenvalue weighted by Crippen LogP contribution is 2.31. The van der Waals surface area contributed by atoms with Crippen molar-refractivity contribution in [1.29, 1.82) is 0 Å². The molecule has 2 aromatic carbocycles. The van der Waals surface area contributed by atoms with Crippen molar-refractivity contribution in [2.45, 2.75) is 6.61 Å². The molecule has 0 aliphatic carbocycles. The summed E-state index contributed by atoms with van der Waals surface area (Å²) in [6.45, 7) is 0.437. The van der Waals surface area contributed by atoms with Gasteiger partial charge in [-0.3, -0.25) is 4.79 Å². The lowest BCUT2D eigenvalue weighted by atomic mass is 10.2. The first kappa shape index (κ1) is 12.8. The van der Waals surface area contributed by atoms with Gasteiger partial charge in [0, 0.05) is 22.7 Å². The molecule has 4 heteroatoms. The van der Waals surface area contributed by atoms with Crippen LogP contribution in [0, 0.1) is 0 Å². The number of aldehydes is 1. The molecule has 20 heavy (non-hydrogen) atoms. The largest absolute Gasteiger partial charge is 0.487 e. The van der Waals surface area contributed by atoms with E-state index in [1.807, 2.05) is 30.3 Å². The smallest absolute Gasteiger partial charge is 0.152 e. The number of hydrogen-bond acceptors (Lipinski definition) is 2. The fraction of sp³-hybridized carbons (Fsp3) is 0.0625. The Morgan fingerprint density at radius 1 is 1.20 bits per heavy atom. The molecule has 100 valence electrons. The van der Waals surface area contributed by atoms with E-state index >= 15 is 0 Å². The van der Waals surface area contributed by atoms with Crippen molar-refractivity contribution in [3.05, 3.63) is 64.8 Å². The summed E-state index contributed by atoms with van der Waals surface area (Å²) in [5.41, 5.74) is 2.48. The molecule has 0 aliphatic rings. The summed E-state index contributed by atoms with van der Waals surface area (Å²) in [5.74, 6) is 0.575. The Hall–Kier alpha value is -2.26. The quantitative estimate of drug-likeness (QED) is 0.730. The van der Waals surface area contributed by atoms with E-state index in [2.05, 4.69) is 4.98 Å². The predicted molar refractivity (Wildman–Crippen MR) is 79.5 cm³/mol. The number of fused-ring (bicyclic) bond motifs is 1. The number of aromatic amines is 1. The maximum Gasteiger partial charge on any atom is 0.152 e. The molecule has 0 amide bonds. The molecule has 3 rings (SSSR count). The number of carbonyl (C=O) groups is 1. The van der Waals surface area contributed by atoms with Crippen LogP contribution in [0.5, 0.6) is 5.75 Å². The van der Waals surface area contributed by atoms with Crippen LogP contribution in [0.15, 0.2) is 48.7 Å². The zero-order chi connectivity index (χ0) is 13.9. The second kappa shape index (κ2) is 5.39. The fourth-order valence-electron chi connectivity index (χ4n) is 2.09. The third-order valence-electron chi connectivity index (χ3n) is 3.13. The van der Waals surface area contributed by atoms with Gasteiger partial charge >= 0.3 is 0 Å². The minimum atomic E-state index is 0.437. The van der Waals surface area contributed by atoms with Gasteiger partial charge in [-0.25, -0.2) is 0 Å². The minimum absolute atomic E-state index is 0.437. The number of ether oxygens (including phenoxy) is 1. The number of carbonyl (C=O) groups excluding carboxylic acids is 1. The lowest BCUT2D eigenvalue weighted by Crippen LogP contribution is -1.95. The van der Waals surface area contributed by atoms with Crippen molar-refractivity contribution in [2.24, 2.45) is 0 Å². The lowest BCUT2D eigenvalue weighted by Gasteiger charge is -2.08. The summed E-state index contributed by atoms with van der Waals surface area (Å²) in [5, 5.41) is 1.33. The molecule has 3 nitrogen and oxygen atoms in total. The van der Waals surface area contributed by atoms with Gasteiger partial charge in [0.1, 0.15) is 12.4 Å². The van der Waals surface area contributed by atoms with Crippen LogP contribution in [0.25, 0.3) is 10.9 Å². The molecular formula is C16H12ClNO2. The van der Waals surface area contributed by atoms with Gasteiger partial charge in [0.05, 0.1) is 5.02 Å². The molecule has 1 aromatic heterocycles. The Labute approximate surface area is 121 Å². The Kier molecular flexibility index (Phi) is 3.44. The van der Waals surface area contributed by atoms with E-state index in [1.165, 1.54) is 0 Å². The molecule has 0 bridgehead atoms. The molecular weight excluding hydrogens is 274 g/mol. The van der Waals surface area contributed by atoms with E-state index in [4.69, 9.17) is 16.3 Å². The second-order valence-corrected chi connectivity index (χ2v) is 4.87. The normalized spacial score (nSPS) is 10.7. The van der Waals surface area contributed by atoms with Gasteiger partial charge in [-0.1, -0.05) is 41.9 Å². The summed E-state index contributed by atoms with van der Waals surface area (Å²) in [6, 6.07) is 13.4. The first-order chi connectivity index (χ1) is 9.78. The highest BCUT2D eigenvalue weighted by atomic mass is 35.5. The van der Waals surface area contributed by atoms with Crippen LogP contribution in [0.2, 0.25) is 5.02 Å².